The Balaban J connectivity index is 4.54. The molecule has 0 aromatic heterocycles. The summed E-state index contributed by atoms with van der Waals surface area (Å²) in [5.41, 5.74) is 0. The molecule has 0 aliphatic rings. The lowest BCUT2D eigenvalue weighted by molar-refractivity contribution is -0.167. The summed E-state index contributed by atoms with van der Waals surface area (Å²) >= 11 is 0. The fourth-order valence-corrected chi connectivity index (χ4v) is 6.48. The normalized spacial score (nSPS) is 13.0. The van der Waals surface area contributed by atoms with Crippen LogP contribution in [0.4, 0.5) is 0 Å². The summed E-state index contributed by atoms with van der Waals surface area (Å²) in [5, 5.41) is 0. The lowest BCUT2D eigenvalue weighted by Gasteiger charge is -2.18. The fraction of sp³-hybridized carbons (Fsp3) is 0.632. The van der Waals surface area contributed by atoms with Crippen LogP contribution in [0.15, 0.2) is 109 Å². The van der Waals surface area contributed by atoms with Gasteiger partial charge in [-0.25, -0.2) is 0 Å². The third-order valence-corrected chi connectivity index (χ3v) is 10.2. The van der Waals surface area contributed by atoms with Crippen molar-refractivity contribution < 1.29 is 28.6 Å². The van der Waals surface area contributed by atoms with Gasteiger partial charge in [0, 0.05) is 19.3 Å². The molecular weight excluding hydrogens is 781 g/mol. The van der Waals surface area contributed by atoms with Gasteiger partial charge >= 0.3 is 17.9 Å². The number of allylic oxidation sites excluding steroid dienone is 18. The molecule has 0 heterocycles. The number of esters is 3. The van der Waals surface area contributed by atoms with E-state index in [2.05, 4.69) is 130 Å². The number of carbonyl (C=O) groups is 3. The second-order valence-corrected chi connectivity index (χ2v) is 16.3. The van der Waals surface area contributed by atoms with Crippen molar-refractivity contribution in [1.82, 2.24) is 0 Å². The summed E-state index contributed by atoms with van der Waals surface area (Å²) in [6.45, 7) is 6.31. The van der Waals surface area contributed by atoms with E-state index >= 15 is 0 Å². The van der Waals surface area contributed by atoms with Gasteiger partial charge in [-0.15, -0.1) is 0 Å². The molecule has 0 saturated carbocycles. The monoisotopic (exact) mass is 873 g/mol. The van der Waals surface area contributed by atoms with Crippen molar-refractivity contribution in [2.24, 2.45) is 0 Å². The summed E-state index contributed by atoms with van der Waals surface area (Å²) in [6, 6.07) is 0. The smallest absolute Gasteiger partial charge is 0.306 e. The highest BCUT2D eigenvalue weighted by molar-refractivity contribution is 5.71. The van der Waals surface area contributed by atoms with Gasteiger partial charge in [0.05, 0.1) is 0 Å². The van der Waals surface area contributed by atoms with Crippen molar-refractivity contribution >= 4 is 17.9 Å². The average Bonchev–Trinajstić information content (AvgIpc) is 3.28. The quantitative estimate of drug-likeness (QED) is 0.0263. The lowest BCUT2D eigenvalue weighted by Crippen LogP contribution is -2.30. The number of unbranched alkanes of at least 4 members (excludes halogenated alkanes) is 15. The Bertz CT molecular complexity index is 1330. The molecule has 0 aromatic rings. The van der Waals surface area contributed by atoms with Crippen LogP contribution in [-0.4, -0.2) is 37.2 Å². The summed E-state index contributed by atoms with van der Waals surface area (Å²) in [6.07, 6.45) is 67.9. The van der Waals surface area contributed by atoms with Gasteiger partial charge in [-0.1, -0.05) is 188 Å². The van der Waals surface area contributed by atoms with Crippen LogP contribution in [0.3, 0.4) is 0 Å². The van der Waals surface area contributed by atoms with E-state index in [1.54, 1.807) is 0 Å². The highest BCUT2D eigenvalue weighted by Crippen LogP contribution is 2.12. The summed E-state index contributed by atoms with van der Waals surface area (Å²) in [7, 11) is 0. The van der Waals surface area contributed by atoms with Gasteiger partial charge in [-0.05, 0) is 116 Å². The number of hydrogen-bond acceptors (Lipinski definition) is 6. The van der Waals surface area contributed by atoms with Gasteiger partial charge in [0.25, 0.3) is 0 Å². The second-order valence-electron chi connectivity index (χ2n) is 16.3. The van der Waals surface area contributed by atoms with E-state index in [1.807, 2.05) is 0 Å². The van der Waals surface area contributed by atoms with Crippen molar-refractivity contribution in [3.63, 3.8) is 0 Å². The zero-order valence-electron chi connectivity index (χ0n) is 40.5. The van der Waals surface area contributed by atoms with Crippen LogP contribution in [0.2, 0.25) is 0 Å². The molecule has 0 fully saturated rings. The summed E-state index contributed by atoms with van der Waals surface area (Å²) in [5.74, 6) is -1.00. The van der Waals surface area contributed by atoms with Crippen LogP contribution in [0.25, 0.3) is 0 Å². The van der Waals surface area contributed by atoms with Crippen LogP contribution < -0.4 is 0 Å². The van der Waals surface area contributed by atoms with Gasteiger partial charge in [-0.2, -0.15) is 0 Å². The number of rotatable bonds is 44. The van der Waals surface area contributed by atoms with E-state index in [-0.39, 0.29) is 37.5 Å². The molecule has 0 N–H and O–H groups in total. The Labute approximate surface area is 387 Å². The molecule has 356 valence electrons. The first-order chi connectivity index (χ1) is 31.0. The van der Waals surface area contributed by atoms with Gasteiger partial charge in [-0.3, -0.25) is 14.4 Å². The van der Waals surface area contributed by atoms with E-state index < -0.39 is 6.10 Å². The maximum atomic E-state index is 12.8. The maximum absolute atomic E-state index is 12.8. The third-order valence-electron chi connectivity index (χ3n) is 10.2. The lowest BCUT2D eigenvalue weighted by atomic mass is 10.1. The van der Waals surface area contributed by atoms with Crippen molar-refractivity contribution in [1.29, 1.82) is 0 Å². The Morgan fingerprint density at radius 2 is 0.635 bits per heavy atom. The van der Waals surface area contributed by atoms with Crippen molar-refractivity contribution in [3.05, 3.63) is 109 Å². The first kappa shape index (κ1) is 59.1. The largest absolute Gasteiger partial charge is 0.462 e. The van der Waals surface area contributed by atoms with E-state index in [9.17, 15) is 14.4 Å². The van der Waals surface area contributed by atoms with E-state index in [1.165, 1.54) is 38.5 Å². The zero-order chi connectivity index (χ0) is 45.8. The minimum Gasteiger partial charge on any atom is -0.462 e. The molecule has 0 amide bonds. The van der Waals surface area contributed by atoms with Crippen LogP contribution in [-0.2, 0) is 28.6 Å². The highest BCUT2D eigenvalue weighted by atomic mass is 16.6. The van der Waals surface area contributed by atoms with E-state index in [0.29, 0.717) is 19.3 Å². The Morgan fingerprint density at radius 3 is 1.05 bits per heavy atom. The molecule has 63 heavy (non-hydrogen) atoms. The third kappa shape index (κ3) is 49.0. The average molecular weight is 873 g/mol. The molecule has 1 atom stereocenters. The first-order valence-corrected chi connectivity index (χ1v) is 25.4. The van der Waals surface area contributed by atoms with Crippen molar-refractivity contribution in [2.75, 3.05) is 13.2 Å². The summed E-state index contributed by atoms with van der Waals surface area (Å²) < 4.78 is 16.7. The van der Waals surface area contributed by atoms with Crippen molar-refractivity contribution in [3.8, 4) is 0 Å². The number of ether oxygens (including phenoxy) is 3. The predicted molar refractivity (Wildman–Crippen MR) is 270 cm³/mol. The second kappa shape index (κ2) is 50.7. The maximum Gasteiger partial charge on any atom is 0.306 e. The SMILES string of the molecule is CC/C=C\C/C=C\C/C=C\C/C=C\C/C=C\CCCC(=O)OC[C@H](COC(=O)CCCCCCC/C=C\CCCCCC)OC(=O)CCCCCCC/C=C\C/C=C\C/C=C\CC. The molecule has 0 rings (SSSR count). The first-order valence-electron chi connectivity index (χ1n) is 25.4. The topological polar surface area (TPSA) is 78.9 Å². The molecule has 0 aliphatic heterocycles. The van der Waals surface area contributed by atoms with Gasteiger partial charge in [0.15, 0.2) is 6.10 Å². The van der Waals surface area contributed by atoms with E-state index in [4.69, 9.17) is 14.2 Å². The molecule has 0 radical (unpaired) electrons. The van der Waals surface area contributed by atoms with Crippen molar-refractivity contribution in [2.45, 2.75) is 219 Å². The molecule has 0 spiro atoms. The van der Waals surface area contributed by atoms with Crippen LogP contribution in [0, 0.1) is 0 Å². The van der Waals surface area contributed by atoms with Crippen LogP contribution >= 0.6 is 0 Å². The minimum atomic E-state index is -0.814. The summed E-state index contributed by atoms with van der Waals surface area (Å²) in [4.78, 5) is 37.9. The standard InChI is InChI=1S/C57H92O6/c1-4-7-10-13-16-19-22-25-27-28-30-32-35-38-41-44-47-50-56(59)62-53-54(52-61-55(58)49-46-43-40-37-34-31-24-21-18-15-12-9-6-3)63-57(60)51-48-45-42-39-36-33-29-26-23-20-17-14-11-8-5-2/h7-8,10-11,16-17,19-21,24-27,29-30,32,38,41,54H,4-6,9,12-15,18,22-23,28,31,33-37,39-40,42-53H2,1-3H3/b10-7-,11-8-,19-16-,20-17-,24-21-,27-25-,29-26-,32-30-,41-38-/t54-/m0/s1. The predicted octanol–water partition coefficient (Wildman–Crippen LogP) is 16.8. The van der Waals surface area contributed by atoms with Gasteiger partial charge in [0.2, 0.25) is 0 Å². The molecule has 0 aliphatic carbocycles. The number of carbonyl (C=O) groups excluding carboxylic acids is 3. The minimum absolute atomic E-state index is 0.109. The Kier molecular flexibility index (Phi) is 47.5. The molecule has 0 aromatic carbocycles. The Morgan fingerprint density at radius 1 is 0.333 bits per heavy atom. The van der Waals surface area contributed by atoms with Gasteiger partial charge in [0.1, 0.15) is 13.2 Å². The molecule has 0 bridgehead atoms. The molecule has 0 saturated heterocycles. The highest BCUT2D eigenvalue weighted by Gasteiger charge is 2.19. The number of hydrogen-bond donors (Lipinski definition) is 0. The van der Waals surface area contributed by atoms with E-state index in [0.717, 1.165) is 128 Å². The molecule has 6 nitrogen and oxygen atoms in total. The van der Waals surface area contributed by atoms with Crippen LogP contribution in [0.1, 0.15) is 213 Å². The van der Waals surface area contributed by atoms with Crippen LogP contribution in [0.5, 0.6) is 0 Å². The molecular formula is C57H92O6. The zero-order valence-corrected chi connectivity index (χ0v) is 40.5. The molecule has 0 unspecified atom stereocenters. The fourth-order valence-electron chi connectivity index (χ4n) is 6.48. The molecule has 6 heteroatoms. The van der Waals surface area contributed by atoms with Gasteiger partial charge < -0.3 is 14.2 Å². The Hall–Kier alpha value is -3.93.